The number of hydrogen-bond acceptors (Lipinski definition) is 4. The van der Waals surface area contributed by atoms with Gasteiger partial charge in [-0.15, -0.1) is 0 Å². The molecule has 0 fully saturated rings. The number of aliphatic hydroxyl groups excluding tert-OH is 1. The maximum atomic E-state index is 10.6. The molecule has 0 aromatic carbocycles. The first-order valence-electron chi connectivity index (χ1n) is 3.50. The standard InChI is InChI=1S/C7H14O4/c1-6(11-4-3-8)5-7(9)10-2/h6,8H,3-5H2,1-2H3/t6-/m1/s1. The van der Waals surface area contributed by atoms with E-state index in [1.165, 1.54) is 7.11 Å². The third-order valence-corrected chi connectivity index (χ3v) is 1.18. The molecule has 11 heavy (non-hydrogen) atoms. The predicted molar refractivity (Wildman–Crippen MR) is 39.1 cm³/mol. The van der Waals surface area contributed by atoms with Crippen molar-refractivity contribution in [3.8, 4) is 0 Å². The molecule has 0 amide bonds. The summed E-state index contributed by atoms with van der Waals surface area (Å²) in [6.07, 6.45) is 0.0471. The summed E-state index contributed by atoms with van der Waals surface area (Å²) in [7, 11) is 1.33. The molecular weight excluding hydrogens is 148 g/mol. The van der Waals surface area contributed by atoms with Crippen LogP contribution in [0, 0.1) is 0 Å². The molecule has 1 atom stereocenters. The zero-order valence-electron chi connectivity index (χ0n) is 6.87. The Balaban J connectivity index is 3.35. The molecule has 0 unspecified atom stereocenters. The van der Waals surface area contributed by atoms with Crippen LogP contribution >= 0.6 is 0 Å². The van der Waals surface area contributed by atoms with Gasteiger partial charge in [-0.2, -0.15) is 0 Å². The van der Waals surface area contributed by atoms with Crippen molar-refractivity contribution in [3.05, 3.63) is 0 Å². The van der Waals surface area contributed by atoms with E-state index >= 15 is 0 Å². The number of hydrogen-bond donors (Lipinski definition) is 1. The number of ether oxygens (including phenoxy) is 2. The fourth-order valence-electron chi connectivity index (χ4n) is 0.631. The molecule has 0 saturated heterocycles. The smallest absolute Gasteiger partial charge is 0.308 e. The van der Waals surface area contributed by atoms with E-state index in [1.807, 2.05) is 0 Å². The van der Waals surface area contributed by atoms with Gasteiger partial charge < -0.3 is 14.6 Å². The maximum absolute atomic E-state index is 10.6. The lowest BCUT2D eigenvalue weighted by Crippen LogP contribution is -2.16. The van der Waals surface area contributed by atoms with Crippen molar-refractivity contribution in [1.29, 1.82) is 0 Å². The molecule has 0 rings (SSSR count). The van der Waals surface area contributed by atoms with E-state index in [1.54, 1.807) is 6.92 Å². The van der Waals surface area contributed by atoms with Gasteiger partial charge >= 0.3 is 5.97 Å². The maximum Gasteiger partial charge on any atom is 0.308 e. The van der Waals surface area contributed by atoms with Gasteiger partial charge in [-0.25, -0.2) is 0 Å². The highest BCUT2D eigenvalue weighted by Crippen LogP contribution is 1.97. The van der Waals surface area contributed by atoms with Gasteiger partial charge in [0, 0.05) is 0 Å². The third kappa shape index (κ3) is 5.82. The van der Waals surface area contributed by atoms with E-state index in [-0.39, 0.29) is 31.7 Å². The molecule has 0 aromatic heterocycles. The molecule has 4 nitrogen and oxygen atoms in total. The van der Waals surface area contributed by atoms with E-state index in [0.29, 0.717) is 0 Å². The van der Waals surface area contributed by atoms with Crippen LogP contribution in [0.1, 0.15) is 13.3 Å². The topological polar surface area (TPSA) is 55.8 Å². The molecule has 66 valence electrons. The second-order valence-corrected chi connectivity index (χ2v) is 2.19. The largest absolute Gasteiger partial charge is 0.469 e. The molecular formula is C7H14O4. The minimum atomic E-state index is -0.296. The Bertz CT molecular complexity index is 113. The highest BCUT2D eigenvalue weighted by molar-refractivity contribution is 5.69. The van der Waals surface area contributed by atoms with Crippen molar-refractivity contribution >= 4 is 5.97 Å². The van der Waals surface area contributed by atoms with Gasteiger partial charge in [0.2, 0.25) is 0 Å². The Labute approximate surface area is 66.1 Å². The average molecular weight is 162 g/mol. The number of methoxy groups -OCH3 is 1. The van der Waals surface area contributed by atoms with E-state index < -0.39 is 0 Å². The summed E-state index contributed by atoms with van der Waals surface area (Å²) in [5.74, 6) is -0.296. The zero-order valence-corrected chi connectivity index (χ0v) is 6.87. The molecule has 0 spiro atoms. The van der Waals surface area contributed by atoms with Gasteiger partial charge in [0.25, 0.3) is 0 Å². The summed E-state index contributed by atoms with van der Waals surface area (Å²) < 4.78 is 9.43. The first kappa shape index (κ1) is 10.4. The monoisotopic (exact) mass is 162 g/mol. The van der Waals surface area contributed by atoms with Crippen LogP contribution in [0.15, 0.2) is 0 Å². The number of aliphatic hydroxyl groups is 1. The van der Waals surface area contributed by atoms with Crippen molar-refractivity contribution in [2.24, 2.45) is 0 Å². The molecule has 0 aliphatic rings. The lowest BCUT2D eigenvalue weighted by molar-refractivity contribution is -0.143. The summed E-state index contributed by atoms with van der Waals surface area (Å²) in [4.78, 5) is 10.6. The van der Waals surface area contributed by atoms with Crippen LogP contribution in [0.4, 0.5) is 0 Å². The number of rotatable bonds is 5. The highest BCUT2D eigenvalue weighted by atomic mass is 16.5. The quantitative estimate of drug-likeness (QED) is 0.576. The van der Waals surface area contributed by atoms with E-state index in [4.69, 9.17) is 9.84 Å². The summed E-state index contributed by atoms with van der Waals surface area (Å²) in [6, 6.07) is 0. The number of esters is 1. The van der Waals surface area contributed by atoms with Gasteiger partial charge in [0.1, 0.15) is 0 Å². The van der Waals surface area contributed by atoms with Gasteiger partial charge in [0.15, 0.2) is 0 Å². The minimum absolute atomic E-state index is 0.0223. The van der Waals surface area contributed by atoms with Crippen molar-refractivity contribution in [2.45, 2.75) is 19.4 Å². The molecule has 4 heteroatoms. The summed E-state index contributed by atoms with van der Waals surface area (Å²) >= 11 is 0. The number of carbonyl (C=O) groups excluding carboxylic acids is 1. The highest BCUT2D eigenvalue weighted by Gasteiger charge is 2.08. The fourth-order valence-corrected chi connectivity index (χ4v) is 0.631. The van der Waals surface area contributed by atoms with Crippen molar-refractivity contribution in [3.63, 3.8) is 0 Å². The minimum Gasteiger partial charge on any atom is -0.469 e. The molecule has 1 N–H and O–H groups in total. The Morgan fingerprint density at radius 3 is 2.73 bits per heavy atom. The van der Waals surface area contributed by atoms with Crippen LogP contribution in [0.2, 0.25) is 0 Å². The molecule has 0 radical (unpaired) electrons. The summed E-state index contributed by atoms with van der Waals surface area (Å²) in [6.45, 7) is 2.00. The van der Waals surface area contributed by atoms with Gasteiger partial charge in [-0.1, -0.05) is 0 Å². The Kier molecular flexibility index (Phi) is 5.78. The SMILES string of the molecule is COC(=O)C[C@@H](C)OCCO. The van der Waals surface area contributed by atoms with Crippen LogP contribution < -0.4 is 0 Å². The molecule has 0 aliphatic carbocycles. The first-order valence-corrected chi connectivity index (χ1v) is 3.50. The van der Waals surface area contributed by atoms with E-state index in [9.17, 15) is 4.79 Å². The molecule has 0 aliphatic heterocycles. The van der Waals surface area contributed by atoms with E-state index in [2.05, 4.69) is 4.74 Å². The van der Waals surface area contributed by atoms with Crippen LogP contribution in [-0.4, -0.2) is 37.5 Å². The van der Waals surface area contributed by atoms with Gasteiger partial charge in [-0.05, 0) is 6.92 Å². The summed E-state index contributed by atoms with van der Waals surface area (Å²) in [5, 5.41) is 8.37. The Morgan fingerprint density at radius 2 is 2.27 bits per heavy atom. The molecule has 0 heterocycles. The second kappa shape index (κ2) is 6.12. The lowest BCUT2D eigenvalue weighted by Gasteiger charge is -2.09. The lowest BCUT2D eigenvalue weighted by atomic mass is 10.3. The van der Waals surface area contributed by atoms with Gasteiger partial charge in [0.05, 0.1) is 32.8 Å². The Hall–Kier alpha value is -0.610. The van der Waals surface area contributed by atoms with Crippen LogP contribution in [0.25, 0.3) is 0 Å². The van der Waals surface area contributed by atoms with Gasteiger partial charge in [-0.3, -0.25) is 4.79 Å². The molecule has 0 bridgehead atoms. The first-order chi connectivity index (χ1) is 5.20. The third-order valence-electron chi connectivity index (χ3n) is 1.18. The summed E-state index contributed by atoms with van der Waals surface area (Å²) in [5.41, 5.74) is 0. The van der Waals surface area contributed by atoms with Crippen LogP contribution in [-0.2, 0) is 14.3 Å². The van der Waals surface area contributed by atoms with E-state index in [0.717, 1.165) is 0 Å². The van der Waals surface area contributed by atoms with Crippen LogP contribution in [0.5, 0.6) is 0 Å². The fraction of sp³-hybridized carbons (Fsp3) is 0.857. The Morgan fingerprint density at radius 1 is 1.64 bits per heavy atom. The molecule has 0 saturated carbocycles. The molecule has 0 aromatic rings. The predicted octanol–water partition coefficient (Wildman–Crippen LogP) is -0.0531. The van der Waals surface area contributed by atoms with Crippen molar-refractivity contribution in [1.82, 2.24) is 0 Å². The normalized spacial score (nSPS) is 12.6. The van der Waals surface area contributed by atoms with Crippen molar-refractivity contribution < 1.29 is 19.4 Å². The van der Waals surface area contributed by atoms with Crippen LogP contribution in [0.3, 0.4) is 0 Å². The average Bonchev–Trinajstić information content (AvgIpc) is 2.00. The van der Waals surface area contributed by atoms with Crippen molar-refractivity contribution in [2.75, 3.05) is 20.3 Å². The number of carbonyl (C=O) groups is 1. The zero-order chi connectivity index (χ0) is 8.69. The second-order valence-electron chi connectivity index (χ2n) is 2.19.